The Bertz CT molecular complexity index is 64.9. The molecule has 1 rings (SSSR count). The van der Waals surface area contributed by atoms with Crippen molar-refractivity contribution >= 4 is 0 Å². The summed E-state index contributed by atoms with van der Waals surface area (Å²) in [5.41, 5.74) is 0. The summed E-state index contributed by atoms with van der Waals surface area (Å²) in [6.07, 6.45) is 7.50. The molecule has 0 unspecified atom stereocenters. The van der Waals surface area contributed by atoms with Crippen LogP contribution in [-0.4, -0.2) is 0 Å². The van der Waals surface area contributed by atoms with Gasteiger partial charge in [0.1, 0.15) is 0 Å². The summed E-state index contributed by atoms with van der Waals surface area (Å²) in [6.45, 7) is 0. The van der Waals surface area contributed by atoms with Crippen LogP contribution in [0.4, 0.5) is 0 Å². The molecule has 0 aromatic carbocycles. The predicted molar refractivity (Wildman–Crippen MR) is 24.5 cm³/mol. The van der Waals surface area contributed by atoms with Gasteiger partial charge in [0.2, 0.25) is 0 Å². The second kappa shape index (κ2) is 7.31. The van der Waals surface area contributed by atoms with Gasteiger partial charge in [0.15, 0.2) is 0 Å². The standard InChI is InChI=1S/C5H10.2O.Ti/c1-2-4-5-3-1;;;/h1-5H2;;;. The topological polar surface area (TPSA) is 34.1 Å². The Balaban J connectivity index is 0.000000145. The van der Waals surface area contributed by atoms with Gasteiger partial charge in [0, 0.05) is 0 Å². The Kier molecular flexibility index (Phi) is 7.60. The van der Waals surface area contributed by atoms with Crippen molar-refractivity contribution in [1.82, 2.24) is 0 Å². The van der Waals surface area contributed by atoms with E-state index in [2.05, 4.69) is 0 Å². The molecular weight excluding hydrogens is 140 g/mol. The molecule has 0 spiro atoms. The Hall–Kier alpha value is 0.314. The van der Waals surface area contributed by atoms with Crippen molar-refractivity contribution in [2.45, 2.75) is 32.1 Å². The first-order chi connectivity index (χ1) is 3.91. The molecule has 0 saturated heterocycles. The van der Waals surface area contributed by atoms with Gasteiger partial charge in [-0.05, 0) is 0 Å². The molecule has 2 nitrogen and oxygen atoms in total. The van der Waals surface area contributed by atoms with E-state index < -0.39 is 19.1 Å². The first-order valence-corrected chi connectivity index (χ1v) is 4.18. The molecular formula is C5H10O2Ti. The molecule has 1 aliphatic rings. The first-order valence-electron chi connectivity index (χ1n) is 2.91. The second-order valence-corrected chi connectivity index (χ2v) is 2.11. The monoisotopic (exact) mass is 150 g/mol. The zero-order valence-corrected chi connectivity index (χ0v) is 6.41. The van der Waals surface area contributed by atoms with Crippen LogP contribution in [0.2, 0.25) is 0 Å². The zero-order chi connectivity index (χ0) is 6.24. The molecule has 3 heteroatoms. The van der Waals surface area contributed by atoms with Crippen LogP contribution in [-0.2, 0) is 25.7 Å². The Morgan fingerprint density at radius 3 is 1.00 bits per heavy atom. The van der Waals surface area contributed by atoms with Crippen molar-refractivity contribution in [3.63, 3.8) is 0 Å². The Morgan fingerprint density at radius 2 is 0.875 bits per heavy atom. The van der Waals surface area contributed by atoms with E-state index in [1.165, 1.54) is 32.1 Å². The summed E-state index contributed by atoms with van der Waals surface area (Å²) in [6, 6.07) is 0. The Labute approximate surface area is 58.2 Å². The minimum absolute atomic E-state index is 1.50. The molecule has 1 aliphatic carbocycles. The summed E-state index contributed by atoms with van der Waals surface area (Å²) >= 11 is -2.00. The fourth-order valence-corrected chi connectivity index (χ4v) is 0.884. The van der Waals surface area contributed by atoms with Gasteiger partial charge >= 0.3 is 25.7 Å². The fourth-order valence-electron chi connectivity index (χ4n) is 0.884. The predicted octanol–water partition coefficient (Wildman–Crippen LogP) is 1.71. The van der Waals surface area contributed by atoms with Gasteiger partial charge in [-0.1, -0.05) is 32.1 Å². The average molecular weight is 150 g/mol. The third kappa shape index (κ3) is 6.31. The van der Waals surface area contributed by atoms with Crippen molar-refractivity contribution in [2.24, 2.45) is 0 Å². The quantitative estimate of drug-likeness (QED) is 0.492. The fraction of sp³-hybridized carbons (Fsp3) is 1.00. The molecule has 0 radical (unpaired) electrons. The van der Waals surface area contributed by atoms with E-state index in [-0.39, 0.29) is 0 Å². The molecule has 1 saturated carbocycles. The van der Waals surface area contributed by atoms with E-state index in [1.807, 2.05) is 0 Å². The Morgan fingerprint density at radius 1 is 0.750 bits per heavy atom. The van der Waals surface area contributed by atoms with Gasteiger partial charge < -0.3 is 0 Å². The SMILES string of the molecule is C1CCCC1.[O]=[Ti]=[O]. The van der Waals surface area contributed by atoms with Gasteiger partial charge in [0.05, 0.1) is 0 Å². The third-order valence-electron chi connectivity index (χ3n) is 1.25. The van der Waals surface area contributed by atoms with Crippen molar-refractivity contribution in [3.8, 4) is 0 Å². The molecule has 8 heavy (non-hydrogen) atoms. The molecule has 0 aromatic heterocycles. The van der Waals surface area contributed by atoms with E-state index in [0.29, 0.717) is 0 Å². The first kappa shape index (κ1) is 8.31. The van der Waals surface area contributed by atoms with E-state index in [9.17, 15) is 0 Å². The van der Waals surface area contributed by atoms with Crippen molar-refractivity contribution in [3.05, 3.63) is 0 Å². The third-order valence-corrected chi connectivity index (χ3v) is 1.25. The maximum absolute atomic E-state index is 8.50. The van der Waals surface area contributed by atoms with Crippen molar-refractivity contribution in [2.75, 3.05) is 0 Å². The zero-order valence-electron chi connectivity index (χ0n) is 4.85. The second-order valence-electron chi connectivity index (χ2n) is 1.85. The minimum atomic E-state index is -2.00. The van der Waals surface area contributed by atoms with Crippen molar-refractivity contribution < 1.29 is 25.7 Å². The molecule has 46 valence electrons. The number of hydrogen-bond donors (Lipinski definition) is 0. The molecule has 0 aliphatic heterocycles. The van der Waals surface area contributed by atoms with Gasteiger partial charge in [-0.15, -0.1) is 0 Å². The van der Waals surface area contributed by atoms with Gasteiger partial charge in [-0.3, -0.25) is 0 Å². The van der Waals surface area contributed by atoms with Gasteiger partial charge in [0.25, 0.3) is 0 Å². The van der Waals surface area contributed by atoms with Crippen LogP contribution in [0.5, 0.6) is 0 Å². The summed E-state index contributed by atoms with van der Waals surface area (Å²) < 4.78 is 17.0. The molecule has 0 N–H and O–H groups in total. The van der Waals surface area contributed by atoms with Crippen LogP contribution in [0.3, 0.4) is 0 Å². The van der Waals surface area contributed by atoms with Crippen LogP contribution >= 0.6 is 0 Å². The molecule has 1 fully saturated rings. The van der Waals surface area contributed by atoms with Crippen LogP contribution in [0, 0.1) is 0 Å². The average Bonchev–Trinajstić information content (AvgIpc) is 2.17. The van der Waals surface area contributed by atoms with Crippen LogP contribution in [0.1, 0.15) is 32.1 Å². The van der Waals surface area contributed by atoms with E-state index in [0.717, 1.165) is 0 Å². The molecule has 0 heterocycles. The summed E-state index contributed by atoms with van der Waals surface area (Å²) in [5, 5.41) is 0. The normalized spacial score (nSPS) is 16.0. The summed E-state index contributed by atoms with van der Waals surface area (Å²) in [7, 11) is 0. The van der Waals surface area contributed by atoms with Crippen LogP contribution in [0.15, 0.2) is 0 Å². The summed E-state index contributed by atoms with van der Waals surface area (Å²) in [4.78, 5) is 0. The van der Waals surface area contributed by atoms with Crippen LogP contribution < -0.4 is 0 Å². The summed E-state index contributed by atoms with van der Waals surface area (Å²) in [5.74, 6) is 0. The van der Waals surface area contributed by atoms with E-state index in [4.69, 9.17) is 6.65 Å². The van der Waals surface area contributed by atoms with Gasteiger partial charge in [-0.25, -0.2) is 0 Å². The molecule has 0 amide bonds. The molecule has 0 bridgehead atoms. The van der Waals surface area contributed by atoms with E-state index >= 15 is 0 Å². The number of rotatable bonds is 0. The van der Waals surface area contributed by atoms with Crippen molar-refractivity contribution in [1.29, 1.82) is 0 Å². The number of hydrogen-bond acceptors (Lipinski definition) is 2. The maximum atomic E-state index is 8.50. The molecule has 0 aromatic rings. The molecule has 0 atom stereocenters. The van der Waals surface area contributed by atoms with Gasteiger partial charge in [-0.2, -0.15) is 0 Å². The van der Waals surface area contributed by atoms with Crippen LogP contribution in [0.25, 0.3) is 0 Å². The van der Waals surface area contributed by atoms with E-state index in [1.54, 1.807) is 0 Å².